The molecule has 7 nitrogen and oxygen atoms in total. The van der Waals surface area contributed by atoms with Crippen LogP contribution in [0.15, 0.2) is 47.4 Å². The molecule has 1 heterocycles. The molecular formula is C23H32N4O3S. The lowest BCUT2D eigenvalue weighted by Gasteiger charge is -2.32. The van der Waals surface area contributed by atoms with Crippen molar-refractivity contribution in [2.45, 2.75) is 31.7 Å². The topological polar surface area (TPSA) is 81.7 Å². The summed E-state index contributed by atoms with van der Waals surface area (Å²) in [5, 5.41) is 2.87. The Kier molecular flexibility index (Phi) is 7.83. The highest BCUT2D eigenvalue weighted by molar-refractivity contribution is 7.89. The molecule has 168 valence electrons. The summed E-state index contributed by atoms with van der Waals surface area (Å²) in [4.78, 5) is 17.3. The maximum absolute atomic E-state index is 12.5. The number of benzene rings is 2. The Morgan fingerprint density at radius 3 is 2.52 bits per heavy atom. The van der Waals surface area contributed by atoms with Gasteiger partial charge in [-0.25, -0.2) is 13.1 Å². The van der Waals surface area contributed by atoms with E-state index in [0.717, 1.165) is 49.5 Å². The summed E-state index contributed by atoms with van der Waals surface area (Å²) in [6.07, 6.45) is 0.0623. The third-order valence-electron chi connectivity index (χ3n) is 5.49. The van der Waals surface area contributed by atoms with E-state index < -0.39 is 10.0 Å². The van der Waals surface area contributed by atoms with E-state index in [1.807, 2.05) is 31.2 Å². The van der Waals surface area contributed by atoms with Gasteiger partial charge in [0.05, 0.1) is 4.90 Å². The molecule has 0 spiro atoms. The van der Waals surface area contributed by atoms with E-state index in [9.17, 15) is 13.2 Å². The van der Waals surface area contributed by atoms with Crippen LogP contribution >= 0.6 is 0 Å². The first-order chi connectivity index (χ1) is 14.7. The highest BCUT2D eigenvalue weighted by Gasteiger charge is 2.17. The minimum Gasteiger partial charge on any atom is -0.326 e. The van der Waals surface area contributed by atoms with Crippen LogP contribution in [0.3, 0.4) is 0 Å². The number of anilines is 1. The summed E-state index contributed by atoms with van der Waals surface area (Å²) < 4.78 is 27.6. The predicted molar refractivity (Wildman–Crippen MR) is 124 cm³/mol. The summed E-state index contributed by atoms with van der Waals surface area (Å²) >= 11 is 0. The van der Waals surface area contributed by atoms with E-state index in [0.29, 0.717) is 5.56 Å². The van der Waals surface area contributed by atoms with Gasteiger partial charge >= 0.3 is 0 Å². The van der Waals surface area contributed by atoms with E-state index in [4.69, 9.17) is 0 Å². The van der Waals surface area contributed by atoms with Crippen LogP contribution < -0.4 is 10.0 Å². The van der Waals surface area contributed by atoms with Crippen molar-refractivity contribution in [1.29, 1.82) is 0 Å². The van der Waals surface area contributed by atoms with Crippen LogP contribution in [-0.4, -0.2) is 63.9 Å². The first-order valence-electron chi connectivity index (χ1n) is 10.6. The maximum Gasteiger partial charge on any atom is 0.240 e. The van der Waals surface area contributed by atoms with Crippen molar-refractivity contribution in [1.82, 2.24) is 14.5 Å². The fourth-order valence-corrected chi connectivity index (χ4v) is 4.97. The SMILES string of the molecule is Cc1ccc(C)c(S(=O)(=O)NCCC(=O)Nc2cccc(CN3CCN(C)CC3)c2)c1. The van der Waals surface area contributed by atoms with Crippen LogP contribution in [0, 0.1) is 13.8 Å². The summed E-state index contributed by atoms with van der Waals surface area (Å²) in [6.45, 7) is 8.71. The molecule has 0 unspecified atom stereocenters. The molecule has 0 radical (unpaired) electrons. The number of hydrogen-bond donors (Lipinski definition) is 2. The minimum absolute atomic E-state index is 0.0442. The van der Waals surface area contributed by atoms with Gasteiger partial charge in [-0.05, 0) is 55.8 Å². The molecule has 1 saturated heterocycles. The lowest BCUT2D eigenvalue weighted by molar-refractivity contribution is -0.116. The lowest BCUT2D eigenvalue weighted by atomic mass is 10.1. The number of aryl methyl sites for hydroxylation is 2. The molecule has 2 N–H and O–H groups in total. The fraction of sp³-hybridized carbons (Fsp3) is 0.435. The second kappa shape index (κ2) is 10.4. The van der Waals surface area contributed by atoms with E-state index >= 15 is 0 Å². The van der Waals surface area contributed by atoms with Crippen LogP contribution in [0.25, 0.3) is 0 Å². The number of carbonyl (C=O) groups is 1. The van der Waals surface area contributed by atoms with Crippen LogP contribution in [0.1, 0.15) is 23.1 Å². The van der Waals surface area contributed by atoms with Crippen LogP contribution in [0.4, 0.5) is 5.69 Å². The second-order valence-corrected chi connectivity index (χ2v) is 9.98. The summed E-state index contributed by atoms with van der Waals surface area (Å²) in [5.74, 6) is -0.222. The first kappa shape index (κ1) is 23.4. The molecule has 0 bridgehead atoms. The maximum atomic E-state index is 12.5. The van der Waals surface area contributed by atoms with E-state index in [2.05, 4.69) is 33.0 Å². The first-order valence-corrected chi connectivity index (χ1v) is 12.1. The summed E-state index contributed by atoms with van der Waals surface area (Å²) in [7, 11) is -1.51. The normalized spacial score (nSPS) is 15.7. The highest BCUT2D eigenvalue weighted by Crippen LogP contribution is 2.17. The van der Waals surface area contributed by atoms with Gasteiger partial charge in [-0.2, -0.15) is 0 Å². The fourth-order valence-electron chi connectivity index (χ4n) is 3.61. The van der Waals surface area contributed by atoms with Crippen LogP contribution in [0.5, 0.6) is 0 Å². The largest absolute Gasteiger partial charge is 0.326 e. The molecule has 2 aromatic carbocycles. The Hall–Kier alpha value is -2.26. The number of rotatable bonds is 8. The van der Waals surface area contributed by atoms with E-state index in [-0.39, 0.29) is 23.8 Å². The molecule has 0 saturated carbocycles. The summed E-state index contributed by atoms with van der Waals surface area (Å²) in [6, 6.07) is 13.1. The zero-order valence-corrected chi connectivity index (χ0v) is 19.3. The van der Waals surface area contributed by atoms with Gasteiger partial charge in [0.2, 0.25) is 15.9 Å². The molecule has 8 heteroatoms. The molecule has 1 fully saturated rings. The van der Waals surface area contributed by atoms with Gasteiger partial charge in [-0.15, -0.1) is 0 Å². The number of nitrogens with one attached hydrogen (secondary N) is 2. The Morgan fingerprint density at radius 2 is 1.77 bits per heavy atom. The minimum atomic E-state index is -3.65. The van der Waals surface area contributed by atoms with Crippen molar-refractivity contribution in [3.63, 3.8) is 0 Å². The Bertz CT molecular complexity index is 1020. The van der Waals surface area contributed by atoms with E-state index in [1.165, 1.54) is 0 Å². The number of piperazine rings is 1. The molecule has 2 aromatic rings. The second-order valence-electron chi connectivity index (χ2n) is 8.24. The van der Waals surface area contributed by atoms with Crippen molar-refractivity contribution >= 4 is 21.6 Å². The quantitative estimate of drug-likeness (QED) is 0.653. The third kappa shape index (κ3) is 6.87. The number of amides is 1. The van der Waals surface area contributed by atoms with Crippen molar-refractivity contribution < 1.29 is 13.2 Å². The van der Waals surface area contributed by atoms with Gasteiger partial charge in [0, 0.05) is 51.4 Å². The van der Waals surface area contributed by atoms with Crippen LogP contribution in [-0.2, 0) is 21.4 Å². The number of hydrogen-bond acceptors (Lipinski definition) is 5. The zero-order valence-electron chi connectivity index (χ0n) is 18.5. The molecule has 0 aliphatic carbocycles. The molecular weight excluding hydrogens is 412 g/mol. The smallest absolute Gasteiger partial charge is 0.240 e. The standard InChI is InChI=1S/C23H32N4O3S/c1-18-7-8-19(2)22(15-18)31(29,30)24-10-9-23(28)25-21-6-4-5-20(16-21)17-27-13-11-26(3)12-14-27/h4-8,15-16,24H,9-14,17H2,1-3H3,(H,25,28). The molecule has 0 atom stereocenters. The van der Waals surface area contributed by atoms with E-state index in [1.54, 1.807) is 19.1 Å². The molecule has 3 rings (SSSR count). The molecule has 1 aliphatic rings. The average Bonchev–Trinajstić information content (AvgIpc) is 2.71. The molecule has 0 aromatic heterocycles. The number of likely N-dealkylation sites (N-methyl/N-ethyl adjacent to an activating group) is 1. The average molecular weight is 445 g/mol. The van der Waals surface area contributed by atoms with Crippen LogP contribution in [0.2, 0.25) is 0 Å². The predicted octanol–water partition coefficient (Wildman–Crippen LogP) is 2.36. The van der Waals surface area contributed by atoms with Gasteiger partial charge in [0.1, 0.15) is 0 Å². The highest BCUT2D eigenvalue weighted by atomic mass is 32.2. The zero-order chi connectivity index (χ0) is 22.4. The molecule has 1 aliphatic heterocycles. The number of sulfonamides is 1. The Morgan fingerprint density at radius 1 is 1.03 bits per heavy atom. The Labute approximate surface area is 185 Å². The van der Waals surface area contributed by atoms with Gasteiger partial charge in [0.25, 0.3) is 0 Å². The monoisotopic (exact) mass is 444 g/mol. The number of nitrogens with zero attached hydrogens (tertiary/aromatic N) is 2. The van der Waals surface area contributed by atoms with Crippen molar-refractivity contribution in [2.24, 2.45) is 0 Å². The lowest BCUT2D eigenvalue weighted by Crippen LogP contribution is -2.43. The van der Waals surface area contributed by atoms with Crippen molar-refractivity contribution in [3.8, 4) is 0 Å². The molecule has 31 heavy (non-hydrogen) atoms. The van der Waals surface area contributed by atoms with Gasteiger partial charge in [0.15, 0.2) is 0 Å². The number of carbonyl (C=O) groups excluding carboxylic acids is 1. The van der Waals surface area contributed by atoms with Gasteiger partial charge in [-0.1, -0.05) is 24.3 Å². The van der Waals surface area contributed by atoms with Gasteiger partial charge < -0.3 is 10.2 Å². The van der Waals surface area contributed by atoms with Crippen molar-refractivity contribution in [2.75, 3.05) is 45.1 Å². The van der Waals surface area contributed by atoms with Gasteiger partial charge in [-0.3, -0.25) is 9.69 Å². The van der Waals surface area contributed by atoms with Crippen molar-refractivity contribution in [3.05, 3.63) is 59.2 Å². The summed E-state index contributed by atoms with van der Waals surface area (Å²) in [5.41, 5.74) is 3.44. The third-order valence-corrected chi connectivity index (χ3v) is 7.09. The Balaban J connectivity index is 1.50. The molecule has 1 amide bonds.